The van der Waals surface area contributed by atoms with Crippen LogP contribution in [0.25, 0.3) is 0 Å². The fourth-order valence-corrected chi connectivity index (χ4v) is 2.19. The van der Waals surface area contributed by atoms with Crippen molar-refractivity contribution in [3.63, 3.8) is 0 Å². The minimum atomic E-state index is -0.429. The lowest BCUT2D eigenvalue weighted by atomic mass is 10.1. The maximum atomic E-state index is 11.7. The summed E-state index contributed by atoms with van der Waals surface area (Å²) in [6.07, 6.45) is 1.57. The Hall–Kier alpha value is -1.31. The number of carbonyl (C=O) groups is 2. The maximum Gasteiger partial charge on any atom is 0.258 e. The van der Waals surface area contributed by atoms with E-state index >= 15 is 0 Å². The molecule has 0 spiro atoms. The van der Waals surface area contributed by atoms with E-state index < -0.39 is 6.04 Å². The molecule has 1 atom stereocenters. The Balaban J connectivity index is 1.78. The molecule has 2 N–H and O–H groups in total. The molecular weight excluding hydrogens is 359 g/mol. The summed E-state index contributed by atoms with van der Waals surface area (Å²) in [6, 6.07) is 7.00. The van der Waals surface area contributed by atoms with Crippen molar-refractivity contribution in [1.29, 1.82) is 0 Å². The molecule has 1 aliphatic heterocycles. The molecule has 2 rings (SSSR count). The van der Waals surface area contributed by atoms with Crippen molar-refractivity contribution in [2.24, 2.45) is 0 Å². The zero-order valence-electron chi connectivity index (χ0n) is 10.3. The van der Waals surface area contributed by atoms with Gasteiger partial charge in [-0.1, -0.05) is 0 Å². The highest BCUT2D eigenvalue weighted by Gasteiger charge is 2.23. The van der Waals surface area contributed by atoms with E-state index in [-0.39, 0.29) is 18.4 Å². The Morgan fingerprint density at radius 1 is 1.42 bits per heavy atom. The first kappa shape index (κ1) is 14.1. The topological polar surface area (TPSA) is 67.4 Å². The van der Waals surface area contributed by atoms with Crippen molar-refractivity contribution < 1.29 is 14.3 Å². The average molecular weight is 374 g/mol. The first-order chi connectivity index (χ1) is 9.15. The zero-order chi connectivity index (χ0) is 13.7. The van der Waals surface area contributed by atoms with Gasteiger partial charge >= 0.3 is 0 Å². The lowest BCUT2D eigenvalue weighted by Gasteiger charge is -2.22. The van der Waals surface area contributed by atoms with Crippen LogP contribution >= 0.6 is 22.6 Å². The maximum absolute atomic E-state index is 11.7. The van der Waals surface area contributed by atoms with Gasteiger partial charge in [0, 0.05) is 10.1 Å². The summed E-state index contributed by atoms with van der Waals surface area (Å²) in [5.41, 5.74) is 0. The summed E-state index contributed by atoms with van der Waals surface area (Å²) in [5, 5.41) is 5.39. The van der Waals surface area contributed by atoms with Gasteiger partial charge < -0.3 is 15.4 Å². The Labute approximate surface area is 125 Å². The van der Waals surface area contributed by atoms with E-state index in [0.717, 1.165) is 9.99 Å². The molecule has 1 aromatic rings. The molecule has 6 heteroatoms. The Morgan fingerprint density at radius 2 is 2.16 bits per heavy atom. The number of benzene rings is 1. The molecule has 0 radical (unpaired) electrons. The molecule has 5 nitrogen and oxygen atoms in total. The van der Waals surface area contributed by atoms with E-state index in [2.05, 4.69) is 33.2 Å². The Bertz CT molecular complexity index is 461. The van der Waals surface area contributed by atoms with Crippen LogP contribution < -0.4 is 15.4 Å². The first-order valence-corrected chi connectivity index (χ1v) is 7.18. The summed E-state index contributed by atoms with van der Waals surface area (Å²) in [5.74, 6) is 0.248. The predicted molar refractivity (Wildman–Crippen MR) is 78.8 cm³/mol. The van der Waals surface area contributed by atoms with Gasteiger partial charge in [0.05, 0.1) is 0 Å². The smallest absolute Gasteiger partial charge is 0.258 e. The third-order valence-electron chi connectivity index (χ3n) is 2.80. The van der Waals surface area contributed by atoms with E-state index in [1.165, 1.54) is 0 Å². The number of halogens is 1. The number of ether oxygens (including phenoxy) is 1. The van der Waals surface area contributed by atoms with E-state index in [0.29, 0.717) is 18.7 Å². The molecule has 0 aliphatic carbocycles. The second kappa shape index (κ2) is 6.74. The van der Waals surface area contributed by atoms with Gasteiger partial charge in [-0.3, -0.25) is 9.59 Å². The third-order valence-corrected chi connectivity index (χ3v) is 3.52. The first-order valence-electron chi connectivity index (χ1n) is 6.10. The largest absolute Gasteiger partial charge is 0.484 e. The van der Waals surface area contributed by atoms with Crippen LogP contribution in [-0.4, -0.2) is 31.0 Å². The lowest BCUT2D eigenvalue weighted by molar-refractivity contribution is -0.131. The fraction of sp³-hybridized carbons (Fsp3) is 0.385. The number of rotatable bonds is 4. The molecular formula is C13H15IN2O3. The van der Waals surface area contributed by atoms with Gasteiger partial charge in [-0.25, -0.2) is 0 Å². The van der Waals surface area contributed by atoms with Crippen molar-refractivity contribution in [3.8, 4) is 5.75 Å². The van der Waals surface area contributed by atoms with Crippen molar-refractivity contribution in [2.45, 2.75) is 18.9 Å². The highest BCUT2D eigenvalue weighted by molar-refractivity contribution is 14.1. The van der Waals surface area contributed by atoms with E-state index in [4.69, 9.17) is 4.74 Å². The molecule has 0 aromatic heterocycles. The molecule has 1 aromatic carbocycles. The zero-order valence-corrected chi connectivity index (χ0v) is 12.5. The molecule has 1 aliphatic rings. The predicted octanol–water partition coefficient (Wildman–Crippen LogP) is 1.06. The molecule has 1 unspecified atom stereocenters. The Kier molecular flexibility index (Phi) is 5.00. The highest BCUT2D eigenvalue weighted by atomic mass is 127. The number of piperidine rings is 1. The van der Waals surface area contributed by atoms with E-state index in [1.54, 1.807) is 0 Å². The molecule has 0 bridgehead atoms. The Morgan fingerprint density at radius 3 is 2.84 bits per heavy atom. The van der Waals surface area contributed by atoms with Crippen LogP contribution in [0.2, 0.25) is 0 Å². The van der Waals surface area contributed by atoms with Crippen LogP contribution in [0.15, 0.2) is 24.3 Å². The number of nitrogens with one attached hydrogen (secondary N) is 2. The van der Waals surface area contributed by atoms with Gasteiger partial charge in [-0.2, -0.15) is 0 Å². The average Bonchev–Trinajstić information content (AvgIpc) is 2.41. The molecule has 1 saturated heterocycles. The van der Waals surface area contributed by atoms with Crippen molar-refractivity contribution in [3.05, 3.63) is 27.8 Å². The van der Waals surface area contributed by atoms with Crippen molar-refractivity contribution in [2.75, 3.05) is 13.2 Å². The van der Waals surface area contributed by atoms with Crippen LogP contribution in [0.5, 0.6) is 5.75 Å². The fourth-order valence-electron chi connectivity index (χ4n) is 1.83. The van der Waals surface area contributed by atoms with Gasteiger partial charge in [0.25, 0.3) is 5.91 Å². The summed E-state index contributed by atoms with van der Waals surface area (Å²) in [4.78, 5) is 23.2. The van der Waals surface area contributed by atoms with Crippen molar-refractivity contribution in [1.82, 2.24) is 10.6 Å². The van der Waals surface area contributed by atoms with Gasteiger partial charge in [0.1, 0.15) is 11.8 Å². The van der Waals surface area contributed by atoms with Crippen LogP contribution in [-0.2, 0) is 9.59 Å². The monoisotopic (exact) mass is 374 g/mol. The minimum absolute atomic E-state index is 0.0790. The molecule has 102 valence electrons. The van der Waals surface area contributed by atoms with Crippen LogP contribution in [0.1, 0.15) is 12.8 Å². The van der Waals surface area contributed by atoms with Gasteiger partial charge in [0.2, 0.25) is 5.91 Å². The third kappa shape index (κ3) is 4.38. The second-order valence-electron chi connectivity index (χ2n) is 4.30. The summed E-state index contributed by atoms with van der Waals surface area (Å²) < 4.78 is 6.46. The highest BCUT2D eigenvalue weighted by Crippen LogP contribution is 2.13. The van der Waals surface area contributed by atoms with Crippen LogP contribution in [0.3, 0.4) is 0 Å². The number of hydrogen-bond donors (Lipinski definition) is 2. The van der Waals surface area contributed by atoms with Crippen molar-refractivity contribution >= 4 is 34.4 Å². The quantitative estimate of drug-likeness (QED) is 0.775. The number of hydrogen-bond acceptors (Lipinski definition) is 3. The van der Waals surface area contributed by atoms with Gasteiger partial charge in [-0.05, 0) is 59.7 Å². The minimum Gasteiger partial charge on any atom is -0.484 e. The van der Waals surface area contributed by atoms with Gasteiger partial charge in [-0.15, -0.1) is 0 Å². The summed E-state index contributed by atoms with van der Waals surface area (Å²) in [6.45, 7) is 0.606. The normalized spacial score (nSPS) is 18.6. The standard InChI is InChI=1S/C13H15IN2O3/c14-9-3-5-10(6-4-9)19-8-12(17)16-11-2-1-7-15-13(11)18/h3-6,11H,1-2,7-8H2,(H,15,18)(H,16,17). The number of amides is 2. The molecule has 1 heterocycles. The molecule has 0 saturated carbocycles. The molecule has 19 heavy (non-hydrogen) atoms. The van der Waals surface area contributed by atoms with Gasteiger partial charge in [0.15, 0.2) is 6.61 Å². The van der Waals surface area contributed by atoms with Crippen LogP contribution in [0.4, 0.5) is 0 Å². The summed E-state index contributed by atoms with van der Waals surface area (Å²) >= 11 is 2.20. The number of carbonyl (C=O) groups excluding carboxylic acids is 2. The summed E-state index contributed by atoms with van der Waals surface area (Å²) in [7, 11) is 0. The second-order valence-corrected chi connectivity index (χ2v) is 5.54. The van der Waals surface area contributed by atoms with E-state index in [9.17, 15) is 9.59 Å². The molecule has 2 amide bonds. The lowest BCUT2D eigenvalue weighted by Crippen LogP contribution is -2.51. The van der Waals surface area contributed by atoms with E-state index in [1.807, 2.05) is 24.3 Å². The van der Waals surface area contributed by atoms with Crippen LogP contribution in [0, 0.1) is 3.57 Å². The molecule has 1 fully saturated rings. The SMILES string of the molecule is O=C(COc1ccc(I)cc1)NC1CCCNC1=O.